The number of carbonyl (C=O) groups is 4. The van der Waals surface area contributed by atoms with Crippen molar-refractivity contribution < 1.29 is 38.1 Å². The summed E-state index contributed by atoms with van der Waals surface area (Å²) in [5, 5.41) is 0. The quantitative estimate of drug-likeness (QED) is 0.0541. The lowest BCUT2D eigenvalue weighted by molar-refractivity contribution is 0.0630. The van der Waals surface area contributed by atoms with Gasteiger partial charge in [-0.25, -0.2) is 0 Å². The van der Waals surface area contributed by atoms with Crippen molar-refractivity contribution in [1.82, 2.24) is 9.80 Å². The number of anilines is 2. The van der Waals surface area contributed by atoms with Crippen molar-refractivity contribution in [2.45, 2.75) is 118 Å². The Morgan fingerprint density at radius 2 is 0.658 bits per heavy atom. The molecule has 3 aliphatic rings. The van der Waals surface area contributed by atoms with Crippen molar-refractivity contribution >= 4 is 35.0 Å². The van der Waals surface area contributed by atoms with Crippen LogP contribution in [0.5, 0.6) is 23.0 Å². The minimum Gasteiger partial charge on any atom is -0.493 e. The van der Waals surface area contributed by atoms with Gasteiger partial charge in [-0.3, -0.25) is 29.0 Å². The first kappa shape index (κ1) is 53.2. The van der Waals surface area contributed by atoms with Gasteiger partial charge in [-0.2, -0.15) is 0 Å². The fourth-order valence-electron chi connectivity index (χ4n) is 10.6. The van der Waals surface area contributed by atoms with E-state index in [0.29, 0.717) is 96.9 Å². The number of fused-ring (bicyclic) bond motifs is 10. The molecule has 1 aliphatic carbocycles. The molecule has 2 aliphatic heterocycles. The molecular formula is C64H72N4O8. The fraction of sp³-hybridized carbons (Fsp3) is 0.375. The van der Waals surface area contributed by atoms with Gasteiger partial charge in [0, 0.05) is 72.4 Å². The van der Waals surface area contributed by atoms with E-state index in [1.165, 1.54) is 9.80 Å². The lowest BCUT2D eigenvalue weighted by atomic mass is 9.81. The van der Waals surface area contributed by atoms with Crippen molar-refractivity contribution in [3.05, 3.63) is 175 Å². The summed E-state index contributed by atoms with van der Waals surface area (Å²) >= 11 is 0. The van der Waals surface area contributed by atoms with Gasteiger partial charge < -0.3 is 30.4 Å². The summed E-state index contributed by atoms with van der Waals surface area (Å²) in [6.45, 7) is 19.2. The van der Waals surface area contributed by atoms with E-state index in [2.05, 4.69) is 79.7 Å². The van der Waals surface area contributed by atoms with Crippen LogP contribution < -0.4 is 30.4 Å². The number of carbonyl (C=O) groups excluding carboxylic acids is 4. The smallest absolute Gasteiger partial charge is 0.261 e. The van der Waals surface area contributed by atoms with Crippen LogP contribution in [0.3, 0.4) is 0 Å². The number of imide groups is 2. The molecule has 0 fully saturated rings. The molecule has 0 unspecified atom stereocenters. The van der Waals surface area contributed by atoms with E-state index in [0.717, 1.165) is 80.0 Å². The van der Waals surface area contributed by atoms with Gasteiger partial charge in [0.2, 0.25) is 0 Å². The van der Waals surface area contributed by atoms with Gasteiger partial charge in [0.25, 0.3) is 23.6 Å². The zero-order chi connectivity index (χ0) is 54.1. The van der Waals surface area contributed by atoms with Crippen LogP contribution in [0.25, 0.3) is 0 Å². The van der Waals surface area contributed by atoms with Crippen molar-refractivity contribution in [2.75, 3.05) is 51.0 Å². The Bertz CT molecular complexity index is 2850. The maximum atomic E-state index is 13.4. The molecule has 0 saturated carbocycles. The van der Waals surface area contributed by atoms with E-state index >= 15 is 0 Å². The molecule has 12 heteroatoms. The van der Waals surface area contributed by atoms with Gasteiger partial charge in [0.1, 0.15) is 23.0 Å². The van der Waals surface area contributed by atoms with Crippen LogP contribution >= 0.6 is 0 Å². The topological polar surface area (TPSA) is 164 Å². The number of nitrogens with zero attached hydrogens (tertiary/aromatic N) is 2. The normalized spacial score (nSPS) is 14.3. The average molecular weight is 1030 g/mol. The van der Waals surface area contributed by atoms with Gasteiger partial charge in [-0.05, 0) is 118 Å². The number of hydrogen-bond acceptors (Lipinski definition) is 10. The summed E-state index contributed by atoms with van der Waals surface area (Å²) in [6, 6.07) is 30.8. The molecule has 4 N–H and O–H groups in total. The Labute approximate surface area is 447 Å². The molecule has 6 aromatic carbocycles. The van der Waals surface area contributed by atoms with E-state index < -0.39 is 0 Å². The number of rotatable bonds is 16. The predicted octanol–water partition coefficient (Wildman–Crippen LogP) is 11.8. The van der Waals surface area contributed by atoms with Crippen molar-refractivity contribution in [3.8, 4) is 23.0 Å². The summed E-state index contributed by atoms with van der Waals surface area (Å²) in [6.07, 6.45) is 4.04. The standard InChI is InChI=1S/C64H72N4O8/c1-9-23-73-57-43-27-39-31-47(63(3,4)5)33-41(55(39)75-25-15-21-67-59(69)51-17-11-12-18-52(51)60(67)70)29-45-37-50(66)38-46(58(45)74-24-10-2)30-42-34-48(64(6,7)8)32-40(28-44(57)36-49(65)35-43)56(42)76-26-16-22-68-61(71)53-19-13-14-20-54(53)62(68)72/h11-14,17-20,31-38H,9-10,15-16,21-30,65-66H2,1-8H3. The highest BCUT2D eigenvalue weighted by Crippen LogP contribution is 2.43. The molecule has 0 aromatic heterocycles. The van der Waals surface area contributed by atoms with Crippen molar-refractivity contribution in [1.29, 1.82) is 0 Å². The second-order valence-electron chi connectivity index (χ2n) is 22.5. The fourth-order valence-corrected chi connectivity index (χ4v) is 10.6. The Balaban J connectivity index is 1.17. The number of hydrogen-bond donors (Lipinski definition) is 2. The lowest BCUT2D eigenvalue weighted by Crippen LogP contribution is -2.31. The first-order valence-electron chi connectivity index (χ1n) is 26.9. The van der Waals surface area contributed by atoms with E-state index in [4.69, 9.17) is 30.4 Å². The molecule has 8 bridgehead atoms. The lowest BCUT2D eigenvalue weighted by Gasteiger charge is -2.27. The molecule has 9 rings (SSSR count). The highest BCUT2D eigenvalue weighted by Gasteiger charge is 2.36. The molecule has 4 amide bonds. The van der Waals surface area contributed by atoms with Crippen LogP contribution in [0.15, 0.2) is 97.1 Å². The number of nitrogens with two attached hydrogens (primary N) is 2. The van der Waals surface area contributed by atoms with E-state index in [1.807, 2.05) is 24.3 Å². The summed E-state index contributed by atoms with van der Waals surface area (Å²) in [4.78, 5) is 56.2. The minimum absolute atomic E-state index is 0.202. The maximum absolute atomic E-state index is 13.4. The third-order valence-corrected chi connectivity index (χ3v) is 14.5. The Morgan fingerprint density at radius 3 is 0.908 bits per heavy atom. The van der Waals surface area contributed by atoms with E-state index in [-0.39, 0.29) is 60.8 Å². The molecule has 2 heterocycles. The van der Waals surface area contributed by atoms with Crippen LogP contribution in [0.1, 0.15) is 178 Å². The Morgan fingerprint density at radius 1 is 0.408 bits per heavy atom. The third kappa shape index (κ3) is 11.0. The van der Waals surface area contributed by atoms with Crippen LogP contribution in [0.2, 0.25) is 0 Å². The molecule has 0 radical (unpaired) electrons. The zero-order valence-corrected chi connectivity index (χ0v) is 45.5. The first-order valence-corrected chi connectivity index (χ1v) is 26.9. The average Bonchev–Trinajstić information content (AvgIpc) is 3.79. The molecule has 6 aromatic rings. The Hall–Kier alpha value is -7.60. The molecule has 396 valence electrons. The Kier molecular flexibility index (Phi) is 15.4. The summed E-state index contributed by atoms with van der Waals surface area (Å²) < 4.78 is 27.6. The molecular weight excluding hydrogens is 953 g/mol. The van der Waals surface area contributed by atoms with Gasteiger partial charge >= 0.3 is 0 Å². The second-order valence-corrected chi connectivity index (χ2v) is 22.5. The highest BCUT2D eigenvalue weighted by molar-refractivity contribution is 6.22. The number of nitrogen functional groups attached to an aromatic ring is 2. The molecule has 12 nitrogen and oxygen atoms in total. The third-order valence-electron chi connectivity index (χ3n) is 14.5. The number of ether oxygens (including phenoxy) is 4. The van der Waals surface area contributed by atoms with Crippen LogP contribution in [0, 0.1) is 0 Å². The zero-order valence-electron chi connectivity index (χ0n) is 45.5. The minimum atomic E-state index is -0.294. The monoisotopic (exact) mass is 1020 g/mol. The molecule has 0 spiro atoms. The largest absolute Gasteiger partial charge is 0.493 e. The van der Waals surface area contributed by atoms with Gasteiger partial charge in [0.05, 0.1) is 48.7 Å². The second kappa shape index (κ2) is 21.9. The van der Waals surface area contributed by atoms with Gasteiger partial charge in [0.15, 0.2) is 0 Å². The maximum Gasteiger partial charge on any atom is 0.261 e. The number of benzene rings is 6. The molecule has 0 saturated heterocycles. The predicted molar refractivity (Wildman–Crippen MR) is 299 cm³/mol. The van der Waals surface area contributed by atoms with Crippen LogP contribution in [0.4, 0.5) is 11.4 Å². The van der Waals surface area contributed by atoms with E-state index in [1.54, 1.807) is 48.5 Å². The molecule has 0 atom stereocenters. The molecule has 76 heavy (non-hydrogen) atoms. The SMILES string of the molecule is CCCOc1c2cc(N)cc1Cc1cc(C(C)(C)C)cc(c1OCCCN1C(=O)c3ccccc3C1=O)Cc1cc(N)cc(c1OCCC)Cc1cc(C(C)(C)C)cc(c1OCCCN1C(=O)c3ccccc3C1=O)C2. The first-order chi connectivity index (χ1) is 36.3. The van der Waals surface area contributed by atoms with Crippen molar-refractivity contribution in [2.24, 2.45) is 0 Å². The summed E-state index contributed by atoms with van der Waals surface area (Å²) in [5.41, 5.74) is 25.8. The van der Waals surface area contributed by atoms with Crippen molar-refractivity contribution in [3.63, 3.8) is 0 Å². The van der Waals surface area contributed by atoms with Crippen LogP contribution in [-0.2, 0) is 36.5 Å². The highest BCUT2D eigenvalue weighted by atomic mass is 16.5. The summed E-state index contributed by atoms with van der Waals surface area (Å²) in [7, 11) is 0. The van der Waals surface area contributed by atoms with Gasteiger partial charge in [-0.15, -0.1) is 0 Å². The van der Waals surface area contributed by atoms with E-state index in [9.17, 15) is 19.2 Å². The van der Waals surface area contributed by atoms with Gasteiger partial charge in [-0.1, -0.05) is 104 Å². The number of amides is 4. The summed E-state index contributed by atoms with van der Waals surface area (Å²) in [5.74, 6) is 1.72. The van der Waals surface area contributed by atoms with Crippen LogP contribution in [-0.4, -0.2) is 72.9 Å².